The summed E-state index contributed by atoms with van der Waals surface area (Å²) in [4.78, 5) is 12.5. The molecule has 0 aliphatic heterocycles. The zero-order valence-electron chi connectivity index (χ0n) is 46.2. The molecule has 0 fully saturated rings. The van der Waals surface area contributed by atoms with E-state index in [0.29, 0.717) is 6.42 Å². The molecule has 0 aliphatic rings. The molecule has 0 bridgehead atoms. The first-order valence-electron chi connectivity index (χ1n) is 31.4. The molecule has 4 heteroatoms. The van der Waals surface area contributed by atoms with Crippen molar-refractivity contribution in [1.82, 2.24) is 5.32 Å². The number of aliphatic hydroxyl groups is 2. The number of carbonyl (C=O) groups is 1. The van der Waals surface area contributed by atoms with Gasteiger partial charge < -0.3 is 15.5 Å². The maximum absolute atomic E-state index is 12.5. The van der Waals surface area contributed by atoms with Crippen LogP contribution in [-0.2, 0) is 4.79 Å². The molecule has 0 saturated carbocycles. The number of nitrogens with one attached hydrogen (secondary N) is 1. The van der Waals surface area contributed by atoms with Gasteiger partial charge in [-0.25, -0.2) is 0 Å². The van der Waals surface area contributed by atoms with Crippen molar-refractivity contribution in [1.29, 1.82) is 0 Å². The third-order valence-electron chi connectivity index (χ3n) is 15.0. The number of carbonyl (C=O) groups excluding carboxylic acids is 1. The lowest BCUT2D eigenvalue weighted by Crippen LogP contribution is -2.45. The standard InChI is InChI=1S/C63H125NO3/c1-3-5-7-9-11-13-15-17-19-21-23-25-27-29-30-31-32-33-34-35-36-38-40-42-44-46-48-50-52-54-56-58-62(66)61(60-65)64-63(67)59-57-55-53-51-49-47-45-43-41-39-37-28-26-24-22-20-18-16-14-12-10-8-6-4-2/h56,58,61-62,65-66H,3-55,57,59-60H2,1-2H3,(H,64,67)/b58-56+. The van der Waals surface area contributed by atoms with E-state index >= 15 is 0 Å². The van der Waals surface area contributed by atoms with E-state index in [4.69, 9.17) is 0 Å². The van der Waals surface area contributed by atoms with Crippen molar-refractivity contribution in [3.05, 3.63) is 12.2 Å². The molecule has 67 heavy (non-hydrogen) atoms. The maximum atomic E-state index is 12.5. The number of hydrogen-bond donors (Lipinski definition) is 3. The normalized spacial score (nSPS) is 12.7. The van der Waals surface area contributed by atoms with Gasteiger partial charge in [0, 0.05) is 6.42 Å². The van der Waals surface area contributed by atoms with Crippen LogP contribution in [0.5, 0.6) is 0 Å². The van der Waals surface area contributed by atoms with E-state index in [2.05, 4.69) is 19.2 Å². The predicted molar refractivity (Wildman–Crippen MR) is 299 cm³/mol. The van der Waals surface area contributed by atoms with E-state index in [9.17, 15) is 15.0 Å². The number of hydrogen-bond acceptors (Lipinski definition) is 3. The molecule has 4 nitrogen and oxygen atoms in total. The number of allylic oxidation sites excluding steroid dienone is 1. The Hall–Kier alpha value is -0.870. The maximum Gasteiger partial charge on any atom is 0.220 e. The van der Waals surface area contributed by atoms with Crippen LogP contribution in [0.3, 0.4) is 0 Å². The Kier molecular flexibility index (Phi) is 58.7. The SMILES string of the molecule is CCCCCCCCCCCCCCCCCCCCCCCCCCCCCCC/C=C/C(O)C(CO)NC(=O)CCCCCCCCCCCCCCCCCCCCCCCCCC. The van der Waals surface area contributed by atoms with Crippen molar-refractivity contribution in [3.8, 4) is 0 Å². The van der Waals surface area contributed by atoms with Gasteiger partial charge in [-0.15, -0.1) is 0 Å². The molecule has 3 N–H and O–H groups in total. The molecule has 0 aliphatic carbocycles. The van der Waals surface area contributed by atoms with Crippen molar-refractivity contribution in [2.75, 3.05) is 6.61 Å². The van der Waals surface area contributed by atoms with Crippen molar-refractivity contribution in [2.45, 2.75) is 379 Å². The molecular formula is C63H125NO3. The summed E-state index contributed by atoms with van der Waals surface area (Å²) in [5.74, 6) is -0.0544. The second-order valence-electron chi connectivity index (χ2n) is 21.8. The summed E-state index contributed by atoms with van der Waals surface area (Å²) in [5, 5.41) is 23.2. The van der Waals surface area contributed by atoms with E-state index in [-0.39, 0.29) is 12.5 Å². The Balaban J connectivity index is 3.42. The molecule has 0 aromatic rings. The highest BCUT2D eigenvalue weighted by molar-refractivity contribution is 5.76. The van der Waals surface area contributed by atoms with Gasteiger partial charge in [-0.05, 0) is 19.3 Å². The average molecular weight is 945 g/mol. The summed E-state index contributed by atoms with van der Waals surface area (Å²) in [5.41, 5.74) is 0. The zero-order chi connectivity index (χ0) is 48.5. The van der Waals surface area contributed by atoms with Crippen LogP contribution >= 0.6 is 0 Å². The first-order chi connectivity index (χ1) is 33.2. The van der Waals surface area contributed by atoms with E-state index in [1.54, 1.807) is 6.08 Å². The fourth-order valence-electron chi connectivity index (χ4n) is 10.2. The van der Waals surface area contributed by atoms with Crippen molar-refractivity contribution < 1.29 is 15.0 Å². The average Bonchev–Trinajstić information content (AvgIpc) is 3.33. The van der Waals surface area contributed by atoms with Gasteiger partial charge in [0.2, 0.25) is 5.91 Å². The van der Waals surface area contributed by atoms with Crippen LogP contribution in [0.25, 0.3) is 0 Å². The van der Waals surface area contributed by atoms with E-state index in [0.717, 1.165) is 25.7 Å². The number of amides is 1. The van der Waals surface area contributed by atoms with Crippen LogP contribution in [-0.4, -0.2) is 34.9 Å². The fraction of sp³-hybridized carbons (Fsp3) is 0.952. The fourth-order valence-corrected chi connectivity index (χ4v) is 10.2. The van der Waals surface area contributed by atoms with Crippen LogP contribution in [0.4, 0.5) is 0 Å². The summed E-state index contributed by atoms with van der Waals surface area (Å²) in [6, 6.07) is -0.619. The lowest BCUT2D eigenvalue weighted by atomic mass is 10.0. The predicted octanol–water partition coefficient (Wildman–Crippen LogP) is 20.9. The molecule has 0 rings (SSSR count). The monoisotopic (exact) mass is 944 g/mol. The molecule has 0 saturated heterocycles. The van der Waals surface area contributed by atoms with Crippen molar-refractivity contribution in [2.24, 2.45) is 0 Å². The van der Waals surface area contributed by atoms with Gasteiger partial charge in [0.05, 0.1) is 18.8 Å². The van der Waals surface area contributed by atoms with Crippen LogP contribution in [0.1, 0.15) is 367 Å². The van der Waals surface area contributed by atoms with E-state index < -0.39 is 12.1 Å². The molecule has 2 unspecified atom stereocenters. The van der Waals surface area contributed by atoms with E-state index in [1.165, 1.54) is 321 Å². The van der Waals surface area contributed by atoms with Crippen LogP contribution in [0, 0.1) is 0 Å². The Labute approximate surface area is 422 Å². The van der Waals surface area contributed by atoms with Crippen LogP contribution in [0.15, 0.2) is 12.2 Å². The Bertz CT molecular complexity index is 936. The lowest BCUT2D eigenvalue weighted by molar-refractivity contribution is -0.123. The van der Waals surface area contributed by atoms with Gasteiger partial charge >= 0.3 is 0 Å². The summed E-state index contributed by atoms with van der Waals surface area (Å²) in [7, 11) is 0. The Morgan fingerprint density at radius 2 is 0.552 bits per heavy atom. The minimum atomic E-state index is -0.836. The minimum Gasteiger partial charge on any atom is -0.394 e. The molecule has 0 aromatic carbocycles. The third kappa shape index (κ3) is 55.9. The molecule has 0 aromatic heterocycles. The van der Waals surface area contributed by atoms with Gasteiger partial charge in [0.15, 0.2) is 0 Å². The number of aliphatic hydroxyl groups excluding tert-OH is 2. The minimum absolute atomic E-state index is 0.0544. The van der Waals surface area contributed by atoms with Crippen LogP contribution in [0.2, 0.25) is 0 Å². The molecular weight excluding hydrogens is 819 g/mol. The quantitative estimate of drug-likeness (QED) is 0.0420. The summed E-state index contributed by atoms with van der Waals surface area (Å²) in [6.45, 7) is 4.36. The highest BCUT2D eigenvalue weighted by atomic mass is 16.3. The van der Waals surface area contributed by atoms with Gasteiger partial charge in [0.25, 0.3) is 0 Å². The van der Waals surface area contributed by atoms with Gasteiger partial charge in [-0.1, -0.05) is 353 Å². The van der Waals surface area contributed by atoms with Crippen molar-refractivity contribution >= 4 is 5.91 Å². The Morgan fingerprint density at radius 3 is 0.776 bits per heavy atom. The number of rotatable bonds is 59. The topological polar surface area (TPSA) is 69.6 Å². The van der Waals surface area contributed by atoms with Gasteiger partial charge in [-0.3, -0.25) is 4.79 Å². The summed E-state index contributed by atoms with van der Waals surface area (Å²) >= 11 is 0. The highest BCUT2D eigenvalue weighted by Crippen LogP contribution is 2.19. The molecule has 2 atom stereocenters. The van der Waals surface area contributed by atoms with Crippen molar-refractivity contribution in [3.63, 3.8) is 0 Å². The lowest BCUT2D eigenvalue weighted by Gasteiger charge is -2.20. The highest BCUT2D eigenvalue weighted by Gasteiger charge is 2.18. The summed E-state index contributed by atoms with van der Waals surface area (Å²) in [6.07, 6.45) is 78.4. The molecule has 0 heterocycles. The third-order valence-corrected chi connectivity index (χ3v) is 15.0. The second kappa shape index (κ2) is 59.4. The molecule has 0 radical (unpaired) electrons. The Morgan fingerprint density at radius 1 is 0.343 bits per heavy atom. The first-order valence-corrected chi connectivity index (χ1v) is 31.4. The van der Waals surface area contributed by atoms with E-state index in [1.807, 2.05) is 6.08 Å². The molecule has 1 amide bonds. The summed E-state index contributed by atoms with van der Waals surface area (Å²) < 4.78 is 0. The second-order valence-corrected chi connectivity index (χ2v) is 21.8. The van der Waals surface area contributed by atoms with Gasteiger partial charge in [-0.2, -0.15) is 0 Å². The molecule has 400 valence electrons. The molecule has 0 spiro atoms. The smallest absolute Gasteiger partial charge is 0.220 e. The van der Waals surface area contributed by atoms with Gasteiger partial charge in [0.1, 0.15) is 0 Å². The first kappa shape index (κ1) is 66.1. The largest absolute Gasteiger partial charge is 0.394 e. The van der Waals surface area contributed by atoms with Crippen LogP contribution < -0.4 is 5.32 Å². The zero-order valence-corrected chi connectivity index (χ0v) is 46.2. The number of unbranched alkanes of at least 4 members (excludes halogenated alkanes) is 52.